The molecule has 0 aromatic heterocycles. The van der Waals surface area contributed by atoms with Crippen molar-refractivity contribution in [2.24, 2.45) is 0 Å². The minimum absolute atomic E-state index is 0.162. The first-order chi connectivity index (χ1) is 16.4. The first kappa shape index (κ1) is 29.7. The van der Waals surface area contributed by atoms with Crippen LogP contribution in [0.5, 0.6) is 0 Å². The van der Waals surface area contributed by atoms with Gasteiger partial charge in [0.25, 0.3) is 11.8 Å². The van der Waals surface area contributed by atoms with Gasteiger partial charge in [0.1, 0.15) is 0 Å². The minimum Gasteiger partial charge on any atom is -0.349 e. The fourth-order valence-electron chi connectivity index (χ4n) is 3.19. The summed E-state index contributed by atoms with van der Waals surface area (Å²) in [5.74, 6) is -2.04. The number of alkyl halides is 7. The van der Waals surface area contributed by atoms with E-state index in [2.05, 4.69) is 26.6 Å². The highest BCUT2D eigenvalue weighted by Gasteiger charge is 2.73. The van der Waals surface area contributed by atoms with Gasteiger partial charge in [0.15, 0.2) is 11.1 Å². The molecular formula is C21H18BrF7N2O4S. The van der Waals surface area contributed by atoms with Crippen LogP contribution in [-0.4, -0.2) is 44.7 Å². The fourth-order valence-corrected chi connectivity index (χ4v) is 4.25. The average Bonchev–Trinajstić information content (AvgIpc) is 2.71. The molecule has 2 aromatic rings. The molecule has 2 amide bonds. The van der Waals surface area contributed by atoms with Crippen molar-refractivity contribution in [3.05, 3.63) is 63.1 Å². The van der Waals surface area contributed by atoms with Crippen molar-refractivity contribution in [2.75, 3.05) is 11.1 Å². The zero-order valence-electron chi connectivity index (χ0n) is 18.4. The summed E-state index contributed by atoms with van der Waals surface area (Å²) in [6, 6.07) is 4.55. The van der Waals surface area contributed by atoms with Crippen molar-refractivity contribution in [1.82, 2.24) is 5.32 Å². The molecule has 0 heterocycles. The molecule has 0 bridgehead atoms. The van der Waals surface area contributed by atoms with Crippen LogP contribution in [0.25, 0.3) is 0 Å². The quantitative estimate of drug-likeness (QED) is 0.281. The van der Waals surface area contributed by atoms with Gasteiger partial charge in [0.05, 0.1) is 16.9 Å². The summed E-state index contributed by atoms with van der Waals surface area (Å²) >= 11 is 0.910. The third-order valence-electron chi connectivity index (χ3n) is 4.91. The predicted octanol–water partition coefficient (Wildman–Crippen LogP) is 5.64. The first-order valence-corrected chi connectivity index (χ1v) is 11.9. The second kappa shape index (κ2) is 10.8. The largest absolute Gasteiger partial charge is 0.435 e. The van der Waals surface area contributed by atoms with Crippen LogP contribution in [0.2, 0.25) is 0 Å². The number of rotatable bonds is 7. The van der Waals surface area contributed by atoms with Crippen molar-refractivity contribution >= 4 is 44.5 Å². The molecule has 2 atom stereocenters. The molecule has 0 radical (unpaired) electrons. The molecule has 15 heteroatoms. The van der Waals surface area contributed by atoms with E-state index in [0.717, 1.165) is 6.92 Å². The molecule has 3 N–H and O–H groups in total. The molecule has 0 saturated heterocycles. The van der Waals surface area contributed by atoms with Crippen LogP contribution in [0.4, 0.5) is 36.4 Å². The Labute approximate surface area is 211 Å². The smallest absolute Gasteiger partial charge is 0.349 e. The van der Waals surface area contributed by atoms with E-state index in [4.69, 9.17) is 4.55 Å². The lowest BCUT2D eigenvalue weighted by atomic mass is 9.92. The van der Waals surface area contributed by atoms with E-state index in [9.17, 15) is 44.5 Å². The molecule has 0 aliphatic heterocycles. The average molecular weight is 607 g/mol. The Morgan fingerprint density at radius 3 is 2.11 bits per heavy atom. The van der Waals surface area contributed by atoms with E-state index in [0.29, 0.717) is 12.1 Å². The molecule has 36 heavy (non-hydrogen) atoms. The van der Waals surface area contributed by atoms with E-state index in [1.165, 1.54) is 25.1 Å². The van der Waals surface area contributed by atoms with Crippen molar-refractivity contribution in [2.45, 2.75) is 37.9 Å². The highest BCUT2D eigenvalue weighted by atomic mass is 79.9. The molecule has 0 spiro atoms. The summed E-state index contributed by atoms with van der Waals surface area (Å²) in [6.07, 6.45) is -12.6. The summed E-state index contributed by atoms with van der Waals surface area (Å²) in [5, 5.41) is 4.71. The highest BCUT2D eigenvalue weighted by Crippen LogP contribution is 2.53. The van der Waals surface area contributed by atoms with Crippen LogP contribution >= 0.6 is 15.9 Å². The lowest BCUT2D eigenvalue weighted by Gasteiger charge is -2.30. The molecule has 0 saturated carbocycles. The SMILES string of the molecule is Cc1cc(C(F)(C(F)(F)F)C(F)(F)F)ccc1NC(=O)c1cccc(Br)c1C(=O)N[C@@H](C)CS(=O)O. The Hall–Kier alpha value is -2.52. The third-order valence-corrected chi connectivity index (χ3v) is 6.35. The molecule has 2 rings (SSSR count). The molecule has 0 fully saturated rings. The predicted molar refractivity (Wildman–Crippen MR) is 121 cm³/mol. The molecule has 198 valence electrons. The lowest BCUT2D eigenvalue weighted by molar-refractivity contribution is -0.348. The normalized spacial score (nSPS) is 14.2. The number of nitrogens with one attached hydrogen (secondary N) is 2. The molecule has 2 aromatic carbocycles. The van der Waals surface area contributed by atoms with Crippen LogP contribution in [0.1, 0.15) is 38.8 Å². The van der Waals surface area contributed by atoms with Crippen LogP contribution in [0.15, 0.2) is 40.9 Å². The second-order valence-corrected chi connectivity index (χ2v) is 9.49. The van der Waals surface area contributed by atoms with Crippen LogP contribution in [0, 0.1) is 6.92 Å². The maximum absolute atomic E-state index is 14.3. The van der Waals surface area contributed by atoms with Gasteiger partial charge >= 0.3 is 18.0 Å². The second-order valence-electron chi connectivity index (χ2n) is 7.66. The van der Waals surface area contributed by atoms with Crippen LogP contribution < -0.4 is 10.6 Å². The molecular weight excluding hydrogens is 589 g/mol. The third kappa shape index (κ3) is 6.24. The van der Waals surface area contributed by atoms with Crippen molar-refractivity contribution < 1.29 is 49.1 Å². The summed E-state index contributed by atoms with van der Waals surface area (Å²) < 4.78 is 113. The number of carbonyl (C=O) groups excluding carboxylic acids is 2. The van der Waals surface area contributed by atoms with Gasteiger partial charge in [-0.2, -0.15) is 26.3 Å². The first-order valence-electron chi connectivity index (χ1n) is 9.81. The fraction of sp³-hybridized carbons (Fsp3) is 0.333. The Morgan fingerprint density at radius 1 is 1.03 bits per heavy atom. The van der Waals surface area contributed by atoms with E-state index in [-0.39, 0.29) is 38.7 Å². The number of benzene rings is 2. The number of halogens is 8. The summed E-state index contributed by atoms with van der Waals surface area (Å²) in [4.78, 5) is 25.6. The number of amides is 2. The lowest BCUT2D eigenvalue weighted by Crippen LogP contribution is -2.50. The summed E-state index contributed by atoms with van der Waals surface area (Å²) in [7, 11) is 0. The van der Waals surface area contributed by atoms with Gasteiger partial charge < -0.3 is 15.2 Å². The maximum Gasteiger partial charge on any atom is 0.435 e. The highest BCUT2D eigenvalue weighted by molar-refractivity contribution is 9.10. The van der Waals surface area contributed by atoms with Crippen LogP contribution in [0.3, 0.4) is 0 Å². The van der Waals surface area contributed by atoms with Crippen LogP contribution in [-0.2, 0) is 16.7 Å². The zero-order valence-corrected chi connectivity index (χ0v) is 20.8. The Balaban J connectivity index is 2.40. The Kier molecular flexibility index (Phi) is 8.95. The molecule has 0 aliphatic rings. The maximum atomic E-state index is 14.3. The van der Waals surface area contributed by atoms with Gasteiger partial charge in [-0.1, -0.05) is 18.2 Å². The number of carbonyl (C=O) groups is 2. The minimum atomic E-state index is -6.29. The van der Waals surface area contributed by atoms with E-state index < -0.39 is 52.5 Å². The van der Waals surface area contributed by atoms with Crippen molar-refractivity contribution in [3.63, 3.8) is 0 Å². The van der Waals surface area contributed by atoms with Gasteiger partial charge in [0.2, 0.25) is 0 Å². The van der Waals surface area contributed by atoms with Crippen molar-refractivity contribution in [3.8, 4) is 0 Å². The monoisotopic (exact) mass is 606 g/mol. The van der Waals surface area contributed by atoms with Gasteiger partial charge in [-0.25, -0.2) is 8.60 Å². The Morgan fingerprint density at radius 2 is 1.61 bits per heavy atom. The van der Waals surface area contributed by atoms with E-state index >= 15 is 0 Å². The number of aryl methyl sites for hydroxylation is 1. The van der Waals surface area contributed by atoms with Gasteiger partial charge in [-0.15, -0.1) is 0 Å². The number of anilines is 1. The van der Waals surface area contributed by atoms with Crippen molar-refractivity contribution in [1.29, 1.82) is 0 Å². The number of hydrogen-bond donors (Lipinski definition) is 3. The zero-order chi connectivity index (χ0) is 27.6. The molecule has 6 nitrogen and oxygen atoms in total. The van der Waals surface area contributed by atoms with Gasteiger partial charge in [0, 0.05) is 21.8 Å². The van der Waals surface area contributed by atoms with E-state index in [1.54, 1.807) is 0 Å². The van der Waals surface area contributed by atoms with E-state index in [1.807, 2.05) is 0 Å². The van der Waals surface area contributed by atoms with Gasteiger partial charge in [-0.05, 0) is 53.5 Å². The summed E-state index contributed by atoms with van der Waals surface area (Å²) in [5.41, 5.74) is -8.29. The molecule has 0 aliphatic carbocycles. The standard InChI is InChI=1S/C21H18BrF7N2O4S/c1-10-8-12(19(23,20(24,25)26)21(27,28)29)6-7-15(10)31-17(32)13-4-3-5-14(22)16(13)18(33)30-11(2)9-36(34)35/h3-8,11H,9H2,1-2H3,(H,30,33)(H,31,32)(H,34,35)/t11-/m0/s1. The number of hydrogen-bond acceptors (Lipinski definition) is 3. The molecule has 1 unspecified atom stereocenters. The topological polar surface area (TPSA) is 95.5 Å². The summed E-state index contributed by atoms with van der Waals surface area (Å²) in [6.45, 7) is 2.51. The van der Waals surface area contributed by atoms with Gasteiger partial charge in [-0.3, -0.25) is 9.59 Å². The Bertz CT molecular complexity index is 1170.